The first-order valence-electron chi connectivity index (χ1n) is 8.04. The van der Waals surface area contributed by atoms with Crippen molar-refractivity contribution < 1.29 is 17.8 Å². The third-order valence-electron chi connectivity index (χ3n) is 4.22. The van der Waals surface area contributed by atoms with Crippen molar-refractivity contribution in [2.45, 2.75) is 24.8 Å². The Balaban J connectivity index is 1.98. The average Bonchev–Trinajstić information content (AvgIpc) is 2.99. The molecule has 0 bridgehead atoms. The minimum absolute atomic E-state index is 0.111. The molecule has 0 spiro atoms. The summed E-state index contributed by atoms with van der Waals surface area (Å²) in [5.41, 5.74) is 1.25. The van der Waals surface area contributed by atoms with E-state index in [4.69, 9.17) is 4.42 Å². The Morgan fingerprint density at radius 1 is 1.15 bits per heavy atom. The predicted octanol–water partition coefficient (Wildman–Crippen LogP) is 3.72. The van der Waals surface area contributed by atoms with Crippen molar-refractivity contribution in [1.82, 2.24) is 4.31 Å². The van der Waals surface area contributed by atoms with E-state index in [0.717, 1.165) is 22.8 Å². The van der Waals surface area contributed by atoms with Crippen molar-refractivity contribution in [3.63, 3.8) is 0 Å². The maximum Gasteiger partial charge on any atom is 0.270 e. The summed E-state index contributed by atoms with van der Waals surface area (Å²) in [7, 11) is -2.42. The van der Waals surface area contributed by atoms with Crippen LogP contribution in [0.4, 0.5) is 5.69 Å². The number of hydrogen-bond acceptors (Lipinski definition) is 5. The summed E-state index contributed by atoms with van der Waals surface area (Å²) in [6, 6.07) is 12.5. The first-order valence-corrected chi connectivity index (χ1v) is 9.48. The number of nitrogens with zero attached hydrogens (tertiary/aromatic N) is 2. The summed E-state index contributed by atoms with van der Waals surface area (Å²) >= 11 is 0. The lowest BCUT2D eigenvalue weighted by molar-refractivity contribution is -0.385. The molecule has 0 amide bonds. The molecule has 136 valence electrons. The molecule has 0 saturated heterocycles. The van der Waals surface area contributed by atoms with Crippen LogP contribution in [0.25, 0.3) is 11.0 Å². The fraction of sp³-hybridized carbons (Fsp3) is 0.222. The molecule has 7 nitrogen and oxygen atoms in total. The van der Waals surface area contributed by atoms with Crippen LogP contribution in [0.3, 0.4) is 0 Å². The van der Waals surface area contributed by atoms with Crippen LogP contribution in [0.5, 0.6) is 0 Å². The standard InChI is InChI=1S/C18H18N2O5S/c1-3-17-16(15-9-4-5-10-18(15)25-17)12-19(2)26(23,24)14-8-6-7-13(11-14)20(21)22/h4-11H,3,12H2,1-2H3. The molecule has 0 aliphatic heterocycles. The number of nitro groups is 1. The van der Waals surface area contributed by atoms with E-state index in [1.54, 1.807) is 0 Å². The number of hydrogen-bond donors (Lipinski definition) is 0. The quantitative estimate of drug-likeness (QED) is 0.484. The number of nitro benzene ring substituents is 1. The van der Waals surface area contributed by atoms with Gasteiger partial charge in [-0.15, -0.1) is 0 Å². The zero-order valence-corrected chi connectivity index (χ0v) is 15.2. The summed E-state index contributed by atoms with van der Waals surface area (Å²) < 4.78 is 32.7. The Bertz CT molecular complexity index is 1070. The Hall–Kier alpha value is -2.71. The van der Waals surface area contributed by atoms with Gasteiger partial charge in [-0.1, -0.05) is 31.2 Å². The van der Waals surface area contributed by atoms with Crippen LogP contribution in [-0.4, -0.2) is 24.7 Å². The number of non-ortho nitro benzene ring substituents is 1. The van der Waals surface area contributed by atoms with Gasteiger partial charge in [0, 0.05) is 43.1 Å². The molecule has 1 heterocycles. The molecule has 0 atom stereocenters. The number of benzene rings is 2. The molecule has 0 unspecified atom stereocenters. The SMILES string of the molecule is CCc1oc2ccccc2c1CN(C)S(=O)(=O)c1cccc([N+](=O)[O-])c1. The first kappa shape index (κ1) is 18.1. The van der Waals surface area contributed by atoms with Crippen molar-refractivity contribution >= 4 is 26.7 Å². The molecule has 0 radical (unpaired) electrons. The van der Waals surface area contributed by atoms with Crippen molar-refractivity contribution in [1.29, 1.82) is 0 Å². The van der Waals surface area contributed by atoms with Gasteiger partial charge in [0.05, 0.1) is 9.82 Å². The van der Waals surface area contributed by atoms with Crippen molar-refractivity contribution in [3.05, 3.63) is 70.0 Å². The number of fused-ring (bicyclic) bond motifs is 1. The second-order valence-electron chi connectivity index (χ2n) is 5.87. The van der Waals surface area contributed by atoms with E-state index in [9.17, 15) is 18.5 Å². The molecule has 3 rings (SSSR count). The molecule has 0 saturated carbocycles. The van der Waals surface area contributed by atoms with Gasteiger partial charge >= 0.3 is 0 Å². The topological polar surface area (TPSA) is 93.7 Å². The number of sulfonamides is 1. The van der Waals surface area contributed by atoms with Gasteiger partial charge in [-0.2, -0.15) is 4.31 Å². The van der Waals surface area contributed by atoms with E-state index < -0.39 is 14.9 Å². The van der Waals surface area contributed by atoms with Gasteiger partial charge in [0.25, 0.3) is 5.69 Å². The predicted molar refractivity (Wildman–Crippen MR) is 97.3 cm³/mol. The highest BCUT2D eigenvalue weighted by atomic mass is 32.2. The van der Waals surface area contributed by atoms with Gasteiger partial charge in [-0.3, -0.25) is 10.1 Å². The minimum Gasteiger partial charge on any atom is -0.461 e. The molecule has 0 N–H and O–H groups in total. The Morgan fingerprint density at radius 3 is 2.58 bits per heavy atom. The van der Waals surface area contributed by atoms with Crippen molar-refractivity contribution in [2.24, 2.45) is 0 Å². The molecule has 0 aliphatic carbocycles. The highest BCUT2D eigenvalue weighted by Gasteiger charge is 2.25. The van der Waals surface area contributed by atoms with Gasteiger partial charge in [0.1, 0.15) is 11.3 Å². The molecule has 0 fully saturated rings. The van der Waals surface area contributed by atoms with Crippen LogP contribution in [-0.2, 0) is 23.0 Å². The lowest BCUT2D eigenvalue weighted by Gasteiger charge is -2.17. The van der Waals surface area contributed by atoms with E-state index >= 15 is 0 Å². The average molecular weight is 374 g/mol. The second kappa shape index (κ2) is 6.89. The molecule has 2 aromatic carbocycles. The molecule has 26 heavy (non-hydrogen) atoms. The van der Waals surface area contributed by atoms with Crippen LogP contribution >= 0.6 is 0 Å². The van der Waals surface area contributed by atoms with E-state index in [1.165, 1.54) is 29.6 Å². The van der Waals surface area contributed by atoms with E-state index in [-0.39, 0.29) is 17.1 Å². The lowest BCUT2D eigenvalue weighted by Crippen LogP contribution is -2.26. The van der Waals surface area contributed by atoms with Crippen molar-refractivity contribution in [3.8, 4) is 0 Å². The van der Waals surface area contributed by atoms with E-state index in [0.29, 0.717) is 12.0 Å². The molecular weight excluding hydrogens is 356 g/mol. The smallest absolute Gasteiger partial charge is 0.270 e. The minimum atomic E-state index is -3.88. The Labute approximate surface area is 151 Å². The molecule has 1 aromatic heterocycles. The summed E-state index contributed by atoms with van der Waals surface area (Å²) in [6.07, 6.45) is 0.634. The van der Waals surface area contributed by atoms with Gasteiger partial charge in [0.15, 0.2) is 0 Å². The Morgan fingerprint density at radius 2 is 1.88 bits per heavy atom. The normalized spacial score (nSPS) is 12.0. The summed E-state index contributed by atoms with van der Waals surface area (Å²) in [5, 5.41) is 11.8. The monoisotopic (exact) mass is 374 g/mol. The molecule has 8 heteroatoms. The van der Waals surface area contributed by atoms with Gasteiger partial charge < -0.3 is 4.42 Å². The van der Waals surface area contributed by atoms with Crippen LogP contribution in [0.15, 0.2) is 57.8 Å². The number of furan rings is 1. The van der Waals surface area contributed by atoms with E-state index in [1.807, 2.05) is 31.2 Å². The zero-order chi connectivity index (χ0) is 18.9. The van der Waals surface area contributed by atoms with Crippen LogP contribution in [0.1, 0.15) is 18.2 Å². The highest BCUT2D eigenvalue weighted by Crippen LogP contribution is 2.29. The summed E-state index contributed by atoms with van der Waals surface area (Å²) in [5.74, 6) is 0.729. The van der Waals surface area contributed by atoms with Gasteiger partial charge in [-0.25, -0.2) is 8.42 Å². The first-order chi connectivity index (χ1) is 12.3. The van der Waals surface area contributed by atoms with Crippen LogP contribution < -0.4 is 0 Å². The number of aryl methyl sites for hydroxylation is 1. The highest BCUT2D eigenvalue weighted by molar-refractivity contribution is 7.89. The largest absolute Gasteiger partial charge is 0.461 e. The maximum absolute atomic E-state index is 12.8. The van der Waals surface area contributed by atoms with Gasteiger partial charge in [-0.05, 0) is 12.1 Å². The Kier molecular flexibility index (Phi) is 4.80. The maximum atomic E-state index is 12.8. The van der Waals surface area contributed by atoms with Crippen LogP contribution in [0, 0.1) is 10.1 Å². The molecular formula is C18H18N2O5S. The fourth-order valence-corrected chi connectivity index (χ4v) is 4.03. The number of rotatable bonds is 6. The third kappa shape index (κ3) is 3.21. The second-order valence-corrected chi connectivity index (χ2v) is 7.91. The van der Waals surface area contributed by atoms with E-state index in [2.05, 4.69) is 0 Å². The fourth-order valence-electron chi connectivity index (χ4n) is 2.85. The third-order valence-corrected chi connectivity index (χ3v) is 6.02. The zero-order valence-electron chi connectivity index (χ0n) is 14.4. The number of para-hydroxylation sites is 1. The van der Waals surface area contributed by atoms with Gasteiger partial charge in [0.2, 0.25) is 10.0 Å². The summed E-state index contributed by atoms with van der Waals surface area (Å²) in [6.45, 7) is 2.06. The summed E-state index contributed by atoms with van der Waals surface area (Å²) in [4.78, 5) is 10.2. The molecule has 0 aliphatic rings. The van der Waals surface area contributed by atoms with Crippen molar-refractivity contribution in [2.75, 3.05) is 7.05 Å². The molecule has 3 aromatic rings. The lowest BCUT2D eigenvalue weighted by atomic mass is 10.1. The van der Waals surface area contributed by atoms with Crippen LogP contribution in [0.2, 0.25) is 0 Å².